The van der Waals surface area contributed by atoms with Crippen molar-refractivity contribution < 1.29 is 13.2 Å². The molecule has 1 aromatic carbocycles. The van der Waals surface area contributed by atoms with Gasteiger partial charge in [-0.05, 0) is 31.5 Å². The summed E-state index contributed by atoms with van der Waals surface area (Å²) < 4.78 is 23.0. The largest absolute Gasteiger partial charge is 0.399 e. The van der Waals surface area contributed by atoms with Crippen LogP contribution in [0.5, 0.6) is 0 Å². The van der Waals surface area contributed by atoms with Gasteiger partial charge in [-0.1, -0.05) is 11.6 Å². The van der Waals surface area contributed by atoms with Crippen molar-refractivity contribution in [3.63, 3.8) is 0 Å². The van der Waals surface area contributed by atoms with Crippen LogP contribution >= 0.6 is 24.0 Å². The number of nitrogens with two attached hydrogens (primary N) is 1. The summed E-state index contributed by atoms with van der Waals surface area (Å²) >= 11 is 5.95. The quantitative estimate of drug-likeness (QED) is 0.802. The van der Waals surface area contributed by atoms with Gasteiger partial charge in [-0.25, -0.2) is 8.42 Å². The molecular weight excluding hydrogens is 323 g/mol. The summed E-state index contributed by atoms with van der Waals surface area (Å²) in [6, 6.07) is 4.60. The molecule has 0 radical (unpaired) electrons. The Bertz CT molecular complexity index is 634. The van der Waals surface area contributed by atoms with Crippen LogP contribution < -0.4 is 11.1 Å². The third-order valence-corrected chi connectivity index (χ3v) is 5.37. The molecule has 1 saturated heterocycles. The first kappa shape index (κ1) is 17.1. The molecule has 8 heteroatoms. The van der Waals surface area contributed by atoms with Crippen molar-refractivity contribution in [3.8, 4) is 0 Å². The predicted molar refractivity (Wildman–Crippen MR) is 82.3 cm³/mol. The average molecular weight is 339 g/mol. The van der Waals surface area contributed by atoms with Gasteiger partial charge in [0.15, 0.2) is 9.84 Å². The Balaban J connectivity index is 0.00000200. The van der Waals surface area contributed by atoms with E-state index in [0.29, 0.717) is 17.7 Å². The molecule has 1 fully saturated rings. The van der Waals surface area contributed by atoms with Gasteiger partial charge < -0.3 is 11.1 Å². The van der Waals surface area contributed by atoms with Crippen molar-refractivity contribution in [3.05, 3.63) is 28.8 Å². The van der Waals surface area contributed by atoms with Crippen LogP contribution in [0, 0.1) is 0 Å². The van der Waals surface area contributed by atoms with E-state index in [0.717, 1.165) is 0 Å². The van der Waals surface area contributed by atoms with Crippen LogP contribution in [0.25, 0.3) is 0 Å². The number of nitrogens with one attached hydrogen (secondary N) is 1. The van der Waals surface area contributed by atoms with E-state index < -0.39 is 15.4 Å². The van der Waals surface area contributed by atoms with Crippen LogP contribution in [0.1, 0.15) is 23.7 Å². The van der Waals surface area contributed by atoms with E-state index in [4.69, 9.17) is 17.3 Å². The van der Waals surface area contributed by atoms with E-state index in [1.165, 1.54) is 12.1 Å². The zero-order valence-electron chi connectivity index (χ0n) is 10.8. The standard InChI is InChI=1S/C12H15ClN2O3S.ClH/c1-12(4-5-19(17,18)7-12)15-11(16)9-3-2-8(14)6-10(9)13;/h2-3,6H,4-5,7,14H2,1H3,(H,15,16);1H. The first-order valence-corrected chi connectivity index (χ1v) is 7.99. The lowest BCUT2D eigenvalue weighted by Gasteiger charge is -2.24. The summed E-state index contributed by atoms with van der Waals surface area (Å²) in [5.74, 6) is -0.331. The molecule has 0 spiro atoms. The third kappa shape index (κ3) is 3.77. The molecule has 0 saturated carbocycles. The molecule has 1 amide bonds. The molecule has 0 aromatic heterocycles. The molecule has 20 heavy (non-hydrogen) atoms. The summed E-state index contributed by atoms with van der Waals surface area (Å²) in [4.78, 5) is 12.1. The van der Waals surface area contributed by atoms with Gasteiger partial charge >= 0.3 is 0 Å². The molecule has 2 rings (SSSR count). The second-order valence-electron chi connectivity index (χ2n) is 5.10. The molecular formula is C12H16Cl2N2O3S. The third-order valence-electron chi connectivity index (χ3n) is 3.16. The fourth-order valence-electron chi connectivity index (χ4n) is 2.17. The zero-order chi connectivity index (χ0) is 14.3. The fraction of sp³-hybridized carbons (Fsp3) is 0.417. The van der Waals surface area contributed by atoms with Gasteiger partial charge in [0.1, 0.15) is 0 Å². The lowest BCUT2D eigenvalue weighted by Crippen LogP contribution is -2.47. The Labute approximate surface area is 129 Å². The lowest BCUT2D eigenvalue weighted by atomic mass is 10.0. The first-order valence-electron chi connectivity index (χ1n) is 5.79. The molecule has 0 aliphatic carbocycles. The van der Waals surface area contributed by atoms with Gasteiger partial charge in [0, 0.05) is 5.69 Å². The molecule has 112 valence electrons. The second-order valence-corrected chi connectivity index (χ2v) is 7.69. The summed E-state index contributed by atoms with van der Waals surface area (Å²) in [6.45, 7) is 1.72. The van der Waals surface area contributed by atoms with Crippen molar-refractivity contribution in [2.24, 2.45) is 0 Å². The van der Waals surface area contributed by atoms with Crippen LogP contribution in [0.15, 0.2) is 18.2 Å². The molecule has 5 nitrogen and oxygen atoms in total. The SMILES string of the molecule is CC1(NC(=O)c2ccc(N)cc2Cl)CCS(=O)(=O)C1.Cl. The number of carbonyl (C=O) groups is 1. The van der Waals surface area contributed by atoms with Crippen molar-refractivity contribution in [1.82, 2.24) is 5.32 Å². The fourth-order valence-corrected chi connectivity index (χ4v) is 4.53. The van der Waals surface area contributed by atoms with Gasteiger partial charge in [0.25, 0.3) is 5.91 Å². The Kier molecular flexibility index (Phi) is 4.94. The normalized spacial score (nSPS) is 23.9. The molecule has 1 atom stereocenters. The van der Waals surface area contributed by atoms with E-state index in [-0.39, 0.29) is 34.8 Å². The lowest BCUT2D eigenvalue weighted by molar-refractivity contribution is 0.0915. The summed E-state index contributed by atoms with van der Waals surface area (Å²) in [5.41, 5.74) is 5.58. The van der Waals surface area contributed by atoms with Crippen LogP contribution in [0.4, 0.5) is 5.69 Å². The topological polar surface area (TPSA) is 89.3 Å². The van der Waals surface area contributed by atoms with Crippen LogP contribution in [0.2, 0.25) is 5.02 Å². The smallest absolute Gasteiger partial charge is 0.253 e. The van der Waals surface area contributed by atoms with E-state index in [2.05, 4.69) is 5.32 Å². The van der Waals surface area contributed by atoms with Gasteiger partial charge in [0.05, 0.1) is 27.6 Å². The van der Waals surface area contributed by atoms with E-state index >= 15 is 0 Å². The minimum Gasteiger partial charge on any atom is -0.399 e. The zero-order valence-corrected chi connectivity index (χ0v) is 13.2. The highest BCUT2D eigenvalue weighted by Crippen LogP contribution is 2.25. The van der Waals surface area contributed by atoms with E-state index in [1.54, 1.807) is 13.0 Å². The Hall–Kier alpha value is -0.980. The second kappa shape index (κ2) is 5.79. The monoisotopic (exact) mass is 338 g/mol. The number of amides is 1. The van der Waals surface area contributed by atoms with Crippen molar-refractivity contribution in [2.75, 3.05) is 17.2 Å². The Morgan fingerprint density at radius 1 is 1.45 bits per heavy atom. The summed E-state index contributed by atoms with van der Waals surface area (Å²) in [6.07, 6.45) is 0.410. The predicted octanol–water partition coefficient (Wildman–Crippen LogP) is 1.65. The summed E-state index contributed by atoms with van der Waals surface area (Å²) in [5, 5.41) is 3.00. The molecule has 3 N–H and O–H groups in total. The van der Waals surface area contributed by atoms with Crippen molar-refractivity contribution in [1.29, 1.82) is 0 Å². The number of benzene rings is 1. The summed E-state index contributed by atoms with van der Waals surface area (Å²) in [7, 11) is -3.07. The van der Waals surface area contributed by atoms with Gasteiger partial charge in [-0.3, -0.25) is 4.79 Å². The molecule has 1 aromatic rings. The average Bonchev–Trinajstić information content (AvgIpc) is 2.52. The maximum absolute atomic E-state index is 12.1. The highest BCUT2D eigenvalue weighted by atomic mass is 35.5. The van der Waals surface area contributed by atoms with Gasteiger partial charge in [-0.15, -0.1) is 12.4 Å². The number of rotatable bonds is 2. The minimum atomic E-state index is -3.07. The Morgan fingerprint density at radius 2 is 2.10 bits per heavy atom. The first-order chi connectivity index (χ1) is 8.71. The Morgan fingerprint density at radius 3 is 2.60 bits per heavy atom. The van der Waals surface area contributed by atoms with Crippen LogP contribution in [-0.4, -0.2) is 31.4 Å². The highest BCUT2D eigenvalue weighted by Gasteiger charge is 2.39. The molecule has 0 bridgehead atoms. The number of sulfone groups is 1. The van der Waals surface area contributed by atoms with E-state index in [1.807, 2.05) is 0 Å². The van der Waals surface area contributed by atoms with E-state index in [9.17, 15) is 13.2 Å². The maximum Gasteiger partial charge on any atom is 0.253 e. The highest BCUT2D eigenvalue weighted by molar-refractivity contribution is 7.91. The van der Waals surface area contributed by atoms with Crippen molar-refractivity contribution in [2.45, 2.75) is 18.9 Å². The number of hydrogen-bond donors (Lipinski definition) is 2. The molecule has 1 unspecified atom stereocenters. The van der Waals surface area contributed by atoms with Crippen LogP contribution in [0.3, 0.4) is 0 Å². The number of halogens is 2. The van der Waals surface area contributed by atoms with Crippen molar-refractivity contribution >= 4 is 45.4 Å². The van der Waals surface area contributed by atoms with Gasteiger partial charge in [0.2, 0.25) is 0 Å². The number of carbonyl (C=O) groups excluding carboxylic acids is 1. The van der Waals surface area contributed by atoms with Gasteiger partial charge in [-0.2, -0.15) is 0 Å². The minimum absolute atomic E-state index is 0. The molecule has 1 aliphatic heterocycles. The molecule has 1 heterocycles. The number of hydrogen-bond acceptors (Lipinski definition) is 4. The maximum atomic E-state index is 12.1. The molecule has 1 aliphatic rings. The van der Waals surface area contributed by atoms with Crippen LogP contribution in [-0.2, 0) is 9.84 Å². The number of anilines is 1. The number of nitrogen functional groups attached to an aromatic ring is 1.